The Morgan fingerprint density at radius 3 is 2.72 bits per heavy atom. The Hall–Kier alpha value is -0.580. The van der Waals surface area contributed by atoms with Crippen molar-refractivity contribution in [3.05, 3.63) is 27.7 Å². The molecule has 0 aromatic heterocycles. The van der Waals surface area contributed by atoms with Crippen molar-refractivity contribution in [3.63, 3.8) is 0 Å². The number of benzene rings is 1. The molecule has 1 aromatic carbocycles. The summed E-state index contributed by atoms with van der Waals surface area (Å²) in [6, 6.07) is 5.57. The van der Waals surface area contributed by atoms with E-state index >= 15 is 0 Å². The van der Waals surface area contributed by atoms with E-state index in [1.54, 1.807) is 0 Å². The highest BCUT2D eigenvalue weighted by Gasteiger charge is 2.15. The lowest BCUT2D eigenvalue weighted by molar-refractivity contribution is -0.121. The zero-order chi connectivity index (χ0) is 13.0. The molecule has 1 saturated heterocycles. The van der Waals surface area contributed by atoms with Crippen LogP contribution in [0.1, 0.15) is 12.8 Å². The van der Waals surface area contributed by atoms with Gasteiger partial charge < -0.3 is 4.74 Å². The first-order valence-electron chi connectivity index (χ1n) is 5.97. The average Bonchev–Trinajstić information content (AvgIpc) is 2.34. The number of ketones is 1. The summed E-state index contributed by atoms with van der Waals surface area (Å²) >= 11 is 9.41. The first kappa shape index (κ1) is 13.8. The molecule has 1 fully saturated rings. The molecule has 3 nitrogen and oxygen atoms in total. The molecule has 98 valence electrons. The van der Waals surface area contributed by atoms with Crippen LogP contribution in [-0.2, 0) is 4.79 Å². The van der Waals surface area contributed by atoms with E-state index in [0.29, 0.717) is 36.0 Å². The van der Waals surface area contributed by atoms with Gasteiger partial charge in [0.2, 0.25) is 0 Å². The molecular weight excluding hydrogens is 318 g/mol. The predicted molar refractivity (Wildman–Crippen MR) is 75.3 cm³/mol. The van der Waals surface area contributed by atoms with Crippen LogP contribution >= 0.6 is 27.5 Å². The molecule has 0 N–H and O–H groups in total. The molecule has 0 amide bonds. The summed E-state index contributed by atoms with van der Waals surface area (Å²) in [7, 11) is 0. The Morgan fingerprint density at radius 2 is 2.06 bits per heavy atom. The lowest BCUT2D eigenvalue weighted by Crippen LogP contribution is -2.36. The number of rotatable bonds is 4. The number of ether oxygens (including phenoxy) is 1. The van der Waals surface area contributed by atoms with Gasteiger partial charge in [-0.25, -0.2) is 0 Å². The molecule has 0 radical (unpaired) electrons. The zero-order valence-corrected chi connectivity index (χ0v) is 12.3. The maximum absolute atomic E-state index is 11.1. The monoisotopic (exact) mass is 331 g/mol. The quantitative estimate of drug-likeness (QED) is 0.848. The van der Waals surface area contributed by atoms with Crippen molar-refractivity contribution in [1.82, 2.24) is 4.90 Å². The molecule has 5 heteroatoms. The molecule has 1 aliphatic rings. The molecule has 0 saturated carbocycles. The summed E-state index contributed by atoms with van der Waals surface area (Å²) in [6.07, 6.45) is 1.33. The van der Waals surface area contributed by atoms with Crippen LogP contribution in [0.3, 0.4) is 0 Å². The van der Waals surface area contributed by atoms with Crippen LogP contribution in [0, 0.1) is 0 Å². The van der Waals surface area contributed by atoms with Crippen molar-refractivity contribution in [2.75, 3.05) is 26.2 Å². The Balaban J connectivity index is 1.76. The summed E-state index contributed by atoms with van der Waals surface area (Å²) in [4.78, 5) is 13.3. The average molecular weight is 333 g/mol. The molecule has 0 atom stereocenters. The number of likely N-dealkylation sites (tertiary alicyclic amines) is 1. The van der Waals surface area contributed by atoms with Gasteiger partial charge >= 0.3 is 0 Å². The number of nitrogens with zero attached hydrogens (tertiary/aromatic N) is 1. The van der Waals surface area contributed by atoms with Crippen LogP contribution in [0.25, 0.3) is 0 Å². The van der Waals surface area contributed by atoms with Crippen molar-refractivity contribution >= 4 is 33.3 Å². The number of carbonyl (C=O) groups is 1. The number of hydrogen-bond acceptors (Lipinski definition) is 3. The third-order valence-electron chi connectivity index (χ3n) is 2.97. The van der Waals surface area contributed by atoms with E-state index in [0.717, 1.165) is 24.1 Å². The molecular formula is C13H15BrClNO2. The van der Waals surface area contributed by atoms with E-state index in [1.807, 2.05) is 18.2 Å². The van der Waals surface area contributed by atoms with Crippen LogP contribution in [0.2, 0.25) is 5.02 Å². The third kappa shape index (κ3) is 3.97. The van der Waals surface area contributed by atoms with E-state index in [4.69, 9.17) is 16.3 Å². The molecule has 0 bridgehead atoms. The largest absolute Gasteiger partial charge is 0.491 e. The van der Waals surface area contributed by atoms with Gasteiger partial charge in [0.25, 0.3) is 0 Å². The first-order chi connectivity index (χ1) is 8.65. The summed E-state index contributed by atoms with van der Waals surface area (Å²) in [5.41, 5.74) is 0. The molecule has 18 heavy (non-hydrogen) atoms. The van der Waals surface area contributed by atoms with Gasteiger partial charge in [0, 0.05) is 36.9 Å². The van der Waals surface area contributed by atoms with Crippen LogP contribution in [0.4, 0.5) is 0 Å². The fourth-order valence-corrected chi connectivity index (χ4v) is 2.63. The van der Waals surface area contributed by atoms with Gasteiger partial charge in [-0.15, -0.1) is 0 Å². The van der Waals surface area contributed by atoms with E-state index in [2.05, 4.69) is 20.8 Å². The number of Topliss-reactive ketones (excluding diaryl/α,β-unsaturated/α-hetero) is 1. The van der Waals surface area contributed by atoms with Crippen LogP contribution < -0.4 is 4.74 Å². The number of hydrogen-bond donors (Lipinski definition) is 0. The van der Waals surface area contributed by atoms with Gasteiger partial charge in [-0.2, -0.15) is 0 Å². The van der Waals surface area contributed by atoms with Crippen molar-refractivity contribution in [3.8, 4) is 5.75 Å². The number of halogens is 2. The van der Waals surface area contributed by atoms with Crippen molar-refractivity contribution < 1.29 is 9.53 Å². The van der Waals surface area contributed by atoms with E-state index in [9.17, 15) is 4.79 Å². The maximum Gasteiger partial charge on any atom is 0.138 e. The maximum atomic E-state index is 11.1. The zero-order valence-electron chi connectivity index (χ0n) is 9.99. The number of carbonyl (C=O) groups excluding carboxylic acids is 1. The van der Waals surface area contributed by atoms with E-state index in [-0.39, 0.29) is 0 Å². The number of piperidine rings is 1. The molecule has 1 aliphatic heterocycles. The summed E-state index contributed by atoms with van der Waals surface area (Å²) < 4.78 is 6.58. The van der Waals surface area contributed by atoms with E-state index in [1.165, 1.54) is 0 Å². The fraction of sp³-hybridized carbons (Fsp3) is 0.462. The minimum Gasteiger partial charge on any atom is -0.491 e. The van der Waals surface area contributed by atoms with Crippen LogP contribution in [-0.4, -0.2) is 36.9 Å². The van der Waals surface area contributed by atoms with Gasteiger partial charge in [-0.1, -0.05) is 27.5 Å². The molecule has 0 aliphatic carbocycles. The molecule has 0 spiro atoms. The highest BCUT2D eigenvalue weighted by molar-refractivity contribution is 9.10. The van der Waals surface area contributed by atoms with Gasteiger partial charge in [0.05, 0.1) is 5.02 Å². The normalized spacial score (nSPS) is 16.9. The van der Waals surface area contributed by atoms with Crippen LogP contribution in [0.15, 0.2) is 22.7 Å². The van der Waals surface area contributed by atoms with Crippen molar-refractivity contribution in [1.29, 1.82) is 0 Å². The lowest BCUT2D eigenvalue weighted by Gasteiger charge is -2.25. The molecule has 1 heterocycles. The first-order valence-corrected chi connectivity index (χ1v) is 7.14. The standard InChI is InChI=1S/C13H15BrClNO2/c14-10-1-2-13(12(15)9-10)18-8-7-16-5-3-11(17)4-6-16/h1-2,9H,3-8H2. The fourth-order valence-electron chi connectivity index (χ4n) is 1.90. The molecule has 1 aromatic rings. The second kappa shape index (κ2) is 6.55. The Kier molecular flexibility index (Phi) is 5.03. The van der Waals surface area contributed by atoms with Gasteiger partial charge in [-0.3, -0.25) is 9.69 Å². The molecule has 0 unspecified atom stereocenters. The van der Waals surface area contributed by atoms with E-state index < -0.39 is 0 Å². The Morgan fingerprint density at radius 1 is 1.33 bits per heavy atom. The SMILES string of the molecule is O=C1CCN(CCOc2ccc(Br)cc2Cl)CC1. The minimum absolute atomic E-state index is 0.364. The van der Waals surface area contributed by atoms with Crippen molar-refractivity contribution in [2.24, 2.45) is 0 Å². The third-order valence-corrected chi connectivity index (χ3v) is 3.76. The van der Waals surface area contributed by atoms with Gasteiger partial charge in [0.1, 0.15) is 18.1 Å². The summed E-state index contributed by atoms with van der Waals surface area (Å²) in [6.45, 7) is 3.11. The van der Waals surface area contributed by atoms with Crippen molar-refractivity contribution in [2.45, 2.75) is 12.8 Å². The predicted octanol–water partition coefficient (Wildman–Crippen LogP) is 3.15. The Labute approximate surface area is 120 Å². The van der Waals surface area contributed by atoms with Crippen LogP contribution in [0.5, 0.6) is 5.75 Å². The van der Waals surface area contributed by atoms with Gasteiger partial charge in [-0.05, 0) is 18.2 Å². The van der Waals surface area contributed by atoms with Gasteiger partial charge in [0.15, 0.2) is 0 Å². The Bertz CT molecular complexity index is 429. The lowest BCUT2D eigenvalue weighted by atomic mass is 10.1. The second-order valence-corrected chi connectivity index (χ2v) is 5.63. The summed E-state index contributed by atoms with van der Waals surface area (Å²) in [5, 5.41) is 0.609. The highest BCUT2D eigenvalue weighted by Crippen LogP contribution is 2.27. The highest BCUT2D eigenvalue weighted by atomic mass is 79.9. The topological polar surface area (TPSA) is 29.5 Å². The summed E-state index contributed by atoms with van der Waals surface area (Å²) in [5.74, 6) is 1.07. The smallest absolute Gasteiger partial charge is 0.138 e. The molecule has 2 rings (SSSR count). The second-order valence-electron chi connectivity index (χ2n) is 4.30. The minimum atomic E-state index is 0.364.